The highest BCUT2D eigenvalue weighted by Crippen LogP contribution is 2.34. The number of benzene rings is 2. The Balaban J connectivity index is 2.42. The van der Waals surface area contributed by atoms with E-state index in [9.17, 15) is 5.26 Å². The van der Waals surface area contributed by atoms with E-state index >= 15 is 0 Å². The number of thioether (sulfide) groups is 1. The first-order valence-electron chi connectivity index (χ1n) is 6.46. The number of nitrogens with zero attached hydrogens (tertiary/aromatic N) is 1. The normalized spacial score (nSPS) is 10.0. The molecule has 108 valence electrons. The highest BCUT2D eigenvalue weighted by molar-refractivity contribution is 9.10. The van der Waals surface area contributed by atoms with Gasteiger partial charge in [-0.3, -0.25) is 0 Å². The minimum Gasteiger partial charge on any atom is -0.495 e. The smallest absolute Gasteiger partial charge is 0.142 e. The summed E-state index contributed by atoms with van der Waals surface area (Å²) in [6, 6.07) is 13.8. The predicted octanol–water partition coefficient (Wildman–Crippen LogP) is 5.18. The number of anilines is 2. The molecule has 0 saturated heterocycles. The average Bonchev–Trinajstić information content (AvgIpc) is 2.48. The fourth-order valence-corrected chi connectivity index (χ4v) is 3.10. The maximum atomic E-state index is 9.44. The van der Waals surface area contributed by atoms with Crippen LogP contribution in [0.4, 0.5) is 11.4 Å². The molecule has 2 rings (SSSR count). The van der Waals surface area contributed by atoms with Crippen molar-refractivity contribution < 1.29 is 4.74 Å². The number of nitriles is 1. The van der Waals surface area contributed by atoms with Crippen LogP contribution in [0.15, 0.2) is 45.8 Å². The lowest BCUT2D eigenvalue weighted by Gasteiger charge is -2.14. The monoisotopic (exact) mass is 362 g/mol. The molecule has 21 heavy (non-hydrogen) atoms. The summed E-state index contributed by atoms with van der Waals surface area (Å²) in [5.41, 5.74) is 2.26. The average molecular weight is 363 g/mol. The molecule has 0 fully saturated rings. The number of methoxy groups -OCH3 is 1. The van der Waals surface area contributed by atoms with Crippen LogP contribution in [0.3, 0.4) is 0 Å². The first-order valence-corrected chi connectivity index (χ1v) is 8.24. The molecule has 2 aromatic rings. The Morgan fingerprint density at radius 3 is 2.76 bits per heavy atom. The van der Waals surface area contributed by atoms with Crippen molar-refractivity contribution >= 4 is 39.1 Å². The van der Waals surface area contributed by atoms with Gasteiger partial charge in [-0.2, -0.15) is 5.26 Å². The summed E-state index contributed by atoms with van der Waals surface area (Å²) in [4.78, 5) is 0.985. The van der Waals surface area contributed by atoms with Crippen molar-refractivity contribution in [1.29, 1.82) is 5.26 Å². The van der Waals surface area contributed by atoms with Crippen molar-refractivity contribution in [3.05, 3.63) is 46.4 Å². The Hall–Kier alpha value is -1.64. The fraction of sp³-hybridized carbons (Fsp3) is 0.188. The molecule has 0 amide bonds. The Bertz CT molecular complexity index is 682. The van der Waals surface area contributed by atoms with Crippen molar-refractivity contribution in [2.24, 2.45) is 0 Å². The van der Waals surface area contributed by atoms with Gasteiger partial charge in [0.15, 0.2) is 0 Å². The van der Waals surface area contributed by atoms with Crippen molar-refractivity contribution in [2.45, 2.75) is 11.8 Å². The SMILES string of the molecule is CCSc1cccc(Nc2cc(Br)ccc2OC)c1C#N. The van der Waals surface area contributed by atoms with Crippen LogP contribution in [0, 0.1) is 11.3 Å². The summed E-state index contributed by atoms with van der Waals surface area (Å²) >= 11 is 5.11. The second kappa shape index (κ2) is 7.39. The second-order valence-electron chi connectivity index (χ2n) is 4.19. The summed E-state index contributed by atoms with van der Waals surface area (Å²) in [5.74, 6) is 1.66. The second-order valence-corrected chi connectivity index (χ2v) is 6.41. The van der Waals surface area contributed by atoms with Crippen LogP contribution in [-0.4, -0.2) is 12.9 Å². The van der Waals surface area contributed by atoms with Gasteiger partial charge in [-0.1, -0.05) is 28.9 Å². The number of rotatable bonds is 5. The minimum atomic E-state index is 0.659. The number of halogens is 1. The molecule has 3 nitrogen and oxygen atoms in total. The van der Waals surface area contributed by atoms with Crippen molar-refractivity contribution in [2.75, 3.05) is 18.2 Å². The van der Waals surface area contributed by atoms with Crippen LogP contribution in [0.2, 0.25) is 0 Å². The molecule has 0 aliphatic rings. The van der Waals surface area contributed by atoms with Gasteiger partial charge >= 0.3 is 0 Å². The third kappa shape index (κ3) is 3.72. The van der Waals surface area contributed by atoms with Gasteiger partial charge in [-0.05, 0) is 36.1 Å². The standard InChI is InChI=1S/C16H15BrN2OS/c1-3-21-16-6-4-5-13(12(16)10-18)19-14-9-11(17)7-8-15(14)20-2/h4-9,19H,3H2,1-2H3. The maximum Gasteiger partial charge on any atom is 0.142 e. The van der Waals surface area contributed by atoms with E-state index in [4.69, 9.17) is 4.74 Å². The molecule has 0 aliphatic carbocycles. The molecule has 2 aromatic carbocycles. The van der Waals surface area contributed by atoms with Gasteiger partial charge < -0.3 is 10.1 Å². The Morgan fingerprint density at radius 1 is 1.29 bits per heavy atom. The van der Waals surface area contributed by atoms with E-state index in [0.717, 1.165) is 32.2 Å². The highest BCUT2D eigenvalue weighted by atomic mass is 79.9. The summed E-state index contributed by atoms with van der Waals surface area (Å²) in [6.07, 6.45) is 0. The van der Waals surface area contributed by atoms with E-state index in [0.29, 0.717) is 5.56 Å². The summed E-state index contributed by atoms with van der Waals surface area (Å²) in [6.45, 7) is 2.07. The van der Waals surface area contributed by atoms with E-state index in [-0.39, 0.29) is 0 Å². The largest absolute Gasteiger partial charge is 0.495 e. The lowest BCUT2D eigenvalue weighted by molar-refractivity contribution is 0.417. The first kappa shape index (κ1) is 15.7. The van der Waals surface area contributed by atoms with E-state index in [1.165, 1.54) is 0 Å². The molecule has 5 heteroatoms. The molecular weight excluding hydrogens is 348 g/mol. The van der Waals surface area contributed by atoms with E-state index in [2.05, 4.69) is 34.2 Å². The number of nitrogens with one attached hydrogen (secondary N) is 1. The zero-order valence-corrected chi connectivity index (χ0v) is 14.2. The number of hydrogen-bond donors (Lipinski definition) is 1. The van der Waals surface area contributed by atoms with Crippen molar-refractivity contribution in [3.63, 3.8) is 0 Å². The lowest BCUT2D eigenvalue weighted by Crippen LogP contribution is -1.98. The van der Waals surface area contributed by atoms with Gasteiger partial charge in [0.2, 0.25) is 0 Å². The molecule has 0 bridgehead atoms. The lowest BCUT2D eigenvalue weighted by atomic mass is 10.2. The molecule has 0 heterocycles. The van der Waals surface area contributed by atoms with Gasteiger partial charge in [0.1, 0.15) is 11.8 Å². The Kier molecular flexibility index (Phi) is 5.54. The topological polar surface area (TPSA) is 45.0 Å². The minimum absolute atomic E-state index is 0.659. The molecule has 0 atom stereocenters. The zero-order chi connectivity index (χ0) is 15.2. The quantitative estimate of drug-likeness (QED) is 0.743. The molecule has 0 aromatic heterocycles. The highest BCUT2D eigenvalue weighted by Gasteiger charge is 2.10. The third-order valence-electron chi connectivity index (χ3n) is 2.87. The van der Waals surface area contributed by atoms with Crippen LogP contribution in [-0.2, 0) is 0 Å². The van der Waals surface area contributed by atoms with Crippen molar-refractivity contribution in [3.8, 4) is 11.8 Å². The summed E-state index contributed by atoms with van der Waals surface area (Å²) < 4.78 is 6.30. The molecule has 0 unspecified atom stereocenters. The van der Waals surface area contributed by atoms with Gasteiger partial charge in [0.25, 0.3) is 0 Å². The van der Waals surface area contributed by atoms with Gasteiger partial charge in [0.05, 0.1) is 24.0 Å². The molecule has 1 N–H and O–H groups in total. The number of ether oxygens (including phenoxy) is 1. The fourth-order valence-electron chi connectivity index (χ4n) is 1.95. The summed E-state index contributed by atoms with van der Waals surface area (Å²) in [7, 11) is 1.63. The Labute approximate surface area is 137 Å². The molecule has 0 saturated carbocycles. The van der Waals surface area contributed by atoms with Crippen LogP contribution in [0.5, 0.6) is 5.75 Å². The first-order chi connectivity index (χ1) is 10.2. The van der Waals surface area contributed by atoms with E-state index < -0.39 is 0 Å². The van der Waals surface area contributed by atoms with Crippen LogP contribution < -0.4 is 10.1 Å². The molecular formula is C16H15BrN2OS. The number of hydrogen-bond acceptors (Lipinski definition) is 4. The van der Waals surface area contributed by atoms with E-state index in [1.54, 1.807) is 18.9 Å². The Morgan fingerprint density at radius 2 is 2.10 bits per heavy atom. The summed E-state index contributed by atoms with van der Waals surface area (Å²) in [5, 5.41) is 12.7. The van der Waals surface area contributed by atoms with Crippen LogP contribution in [0.25, 0.3) is 0 Å². The third-order valence-corrected chi connectivity index (χ3v) is 4.30. The van der Waals surface area contributed by atoms with Crippen molar-refractivity contribution in [1.82, 2.24) is 0 Å². The maximum absolute atomic E-state index is 9.44. The molecule has 0 spiro atoms. The van der Waals surface area contributed by atoms with Crippen LogP contribution in [0.1, 0.15) is 12.5 Å². The van der Waals surface area contributed by atoms with E-state index in [1.807, 2.05) is 36.4 Å². The zero-order valence-electron chi connectivity index (χ0n) is 11.8. The molecule has 0 radical (unpaired) electrons. The molecule has 0 aliphatic heterocycles. The van der Waals surface area contributed by atoms with Gasteiger partial charge in [-0.15, -0.1) is 11.8 Å². The van der Waals surface area contributed by atoms with Gasteiger partial charge in [-0.25, -0.2) is 0 Å². The van der Waals surface area contributed by atoms with Crippen LogP contribution >= 0.6 is 27.7 Å². The predicted molar refractivity (Wildman–Crippen MR) is 91.5 cm³/mol. The van der Waals surface area contributed by atoms with Gasteiger partial charge in [0, 0.05) is 9.37 Å².